The van der Waals surface area contributed by atoms with E-state index in [2.05, 4.69) is 21.4 Å². The van der Waals surface area contributed by atoms with E-state index in [1.165, 1.54) is 6.20 Å². The molecule has 1 atom stereocenters. The molecule has 1 fully saturated rings. The Kier molecular flexibility index (Phi) is 5.12. The van der Waals surface area contributed by atoms with E-state index in [1.807, 2.05) is 24.4 Å². The number of amides is 2. The fraction of sp³-hybridized carbons (Fsp3) is 0.273. The first kappa shape index (κ1) is 18.9. The van der Waals surface area contributed by atoms with Gasteiger partial charge in [0.25, 0.3) is 0 Å². The van der Waals surface area contributed by atoms with Crippen molar-refractivity contribution in [2.45, 2.75) is 32.2 Å². The first-order valence-corrected chi connectivity index (χ1v) is 9.70. The third-order valence-corrected chi connectivity index (χ3v) is 5.38. The van der Waals surface area contributed by atoms with Crippen molar-refractivity contribution in [3.63, 3.8) is 0 Å². The number of rotatable bonds is 2. The van der Waals surface area contributed by atoms with Gasteiger partial charge in [-0.15, -0.1) is 0 Å². The molecule has 2 aromatic heterocycles. The Morgan fingerprint density at radius 2 is 2.00 bits per heavy atom. The number of carbonyl (C=O) groups is 2. The van der Waals surface area contributed by atoms with Crippen LogP contribution in [0.2, 0.25) is 0 Å². The number of piperidine rings is 1. The summed E-state index contributed by atoms with van der Waals surface area (Å²) in [5.74, 6) is -0.788. The van der Waals surface area contributed by atoms with Gasteiger partial charge in [0.1, 0.15) is 5.82 Å². The summed E-state index contributed by atoms with van der Waals surface area (Å²) >= 11 is 0. The summed E-state index contributed by atoms with van der Waals surface area (Å²) in [4.78, 5) is 35.4. The summed E-state index contributed by atoms with van der Waals surface area (Å²) in [5.41, 5.74) is 7.96. The highest BCUT2D eigenvalue weighted by molar-refractivity contribution is 6.39. The number of nitrogen functional groups attached to an aromatic ring is 1. The second kappa shape index (κ2) is 7.87. The van der Waals surface area contributed by atoms with E-state index in [4.69, 9.17) is 5.73 Å². The molecule has 0 aliphatic carbocycles. The molecule has 7 nitrogen and oxygen atoms in total. The third-order valence-electron chi connectivity index (χ3n) is 5.38. The highest BCUT2D eigenvalue weighted by Gasteiger charge is 2.32. The highest BCUT2D eigenvalue weighted by Crippen LogP contribution is 2.32. The van der Waals surface area contributed by atoms with Crippen molar-refractivity contribution in [3.8, 4) is 0 Å². The van der Waals surface area contributed by atoms with Gasteiger partial charge in [-0.3, -0.25) is 14.6 Å². The summed E-state index contributed by atoms with van der Waals surface area (Å²) in [6.45, 7) is 2.36. The van der Waals surface area contributed by atoms with Gasteiger partial charge < -0.3 is 16.0 Å². The van der Waals surface area contributed by atoms with Gasteiger partial charge in [-0.1, -0.05) is 12.1 Å². The predicted molar refractivity (Wildman–Crippen MR) is 112 cm³/mol. The highest BCUT2D eigenvalue weighted by atomic mass is 16.2. The number of aromatic nitrogens is 2. The van der Waals surface area contributed by atoms with E-state index in [0.717, 1.165) is 41.2 Å². The molecule has 1 aliphatic heterocycles. The number of hydrogen-bond donors (Lipinski definition) is 2. The quantitative estimate of drug-likeness (QED) is 0.656. The zero-order valence-corrected chi connectivity index (χ0v) is 16.3. The van der Waals surface area contributed by atoms with Crippen molar-refractivity contribution in [1.82, 2.24) is 14.9 Å². The number of hydrogen-bond acceptors (Lipinski definition) is 5. The summed E-state index contributed by atoms with van der Waals surface area (Å²) < 4.78 is 0. The van der Waals surface area contributed by atoms with Crippen LogP contribution in [0.5, 0.6) is 0 Å². The van der Waals surface area contributed by atoms with Gasteiger partial charge in [0.05, 0.1) is 17.9 Å². The number of aryl methyl sites for hydroxylation is 1. The van der Waals surface area contributed by atoms with Gasteiger partial charge in [-0.25, -0.2) is 4.98 Å². The van der Waals surface area contributed by atoms with Crippen molar-refractivity contribution in [2.24, 2.45) is 0 Å². The normalized spacial score (nSPS) is 16.6. The molecule has 1 aromatic carbocycles. The van der Waals surface area contributed by atoms with Crippen molar-refractivity contribution in [3.05, 3.63) is 60.0 Å². The lowest BCUT2D eigenvalue weighted by atomic mass is 9.93. The molecule has 1 aliphatic rings. The maximum absolute atomic E-state index is 13.0. The van der Waals surface area contributed by atoms with E-state index in [1.54, 1.807) is 24.1 Å². The zero-order valence-electron chi connectivity index (χ0n) is 16.3. The molecule has 0 bridgehead atoms. The summed E-state index contributed by atoms with van der Waals surface area (Å²) in [7, 11) is 0. The number of anilines is 2. The smallest absolute Gasteiger partial charge is 0.313 e. The van der Waals surface area contributed by atoms with Gasteiger partial charge in [0, 0.05) is 24.3 Å². The van der Waals surface area contributed by atoms with Gasteiger partial charge in [-0.05, 0) is 60.9 Å². The molecular weight excluding hydrogens is 366 g/mol. The van der Waals surface area contributed by atoms with Gasteiger partial charge in [0.15, 0.2) is 0 Å². The molecular formula is C22H23N5O2. The molecule has 29 heavy (non-hydrogen) atoms. The molecule has 0 radical (unpaired) electrons. The Morgan fingerprint density at radius 1 is 1.14 bits per heavy atom. The molecule has 2 amide bonds. The van der Waals surface area contributed by atoms with Crippen molar-refractivity contribution >= 4 is 34.1 Å². The van der Waals surface area contributed by atoms with Crippen LogP contribution in [0.1, 0.15) is 36.4 Å². The van der Waals surface area contributed by atoms with Crippen LogP contribution in [0.15, 0.2) is 48.9 Å². The van der Waals surface area contributed by atoms with Crippen LogP contribution in [0.4, 0.5) is 11.5 Å². The van der Waals surface area contributed by atoms with Crippen LogP contribution in [-0.2, 0) is 9.59 Å². The minimum atomic E-state index is -0.659. The lowest BCUT2D eigenvalue weighted by molar-refractivity contribution is -0.145. The molecule has 3 N–H and O–H groups in total. The standard InChI is InChI=1S/C22H23N5O2/c1-14-10-18(13-25-20(14)23)26-21(28)22(29)27-9-3-2-4-19(27)16-5-6-17-12-24-8-7-15(17)11-16/h5-8,10-13,19H,2-4,9H2,1H3,(H2,23,25)(H,26,28)/t19-/m0/s1. The van der Waals surface area contributed by atoms with Gasteiger partial charge >= 0.3 is 11.8 Å². The summed E-state index contributed by atoms with van der Waals surface area (Å²) in [6.07, 6.45) is 7.77. The molecule has 148 valence electrons. The van der Waals surface area contributed by atoms with Crippen molar-refractivity contribution < 1.29 is 9.59 Å². The number of pyridine rings is 2. The average molecular weight is 389 g/mol. The molecule has 3 heterocycles. The number of nitrogens with zero attached hydrogens (tertiary/aromatic N) is 3. The second-order valence-corrected chi connectivity index (χ2v) is 7.37. The number of nitrogens with two attached hydrogens (primary N) is 1. The van der Waals surface area contributed by atoms with E-state index < -0.39 is 11.8 Å². The number of carbonyl (C=O) groups excluding carboxylic acids is 2. The van der Waals surface area contributed by atoms with Crippen LogP contribution in [0.3, 0.4) is 0 Å². The number of benzene rings is 1. The van der Waals surface area contributed by atoms with Crippen molar-refractivity contribution in [2.75, 3.05) is 17.6 Å². The SMILES string of the molecule is Cc1cc(NC(=O)C(=O)N2CCCC[C@H]2c2ccc3cnccc3c2)cnc1N. The largest absolute Gasteiger partial charge is 0.383 e. The number of fused-ring (bicyclic) bond motifs is 1. The Labute approximate surface area is 168 Å². The molecule has 3 aromatic rings. The molecule has 0 spiro atoms. The topological polar surface area (TPSA) is 101 Å². The van der Waals surface area contributed by atoms with E-state index in [9.17, 15) is 9.59 Å². The maximum atomic E-state index is 13.0. The maximum Gasteiger partial charge on any atom is 0.313 e. The fourth-order valence-electron chi connectivity index (χ4n) is 3.80. The van der Waals surface area contributed by atoms with Crippen LogP contribution >= 0.6 is 0 Å². The Balaban J connectivity index is 1.56. The monoisotopic (exact) mass is 389 g/mol. The fourth-order valence-corrected chi connectivity index (χ4v) is 3.80. The lowest BCUT2D eigenvalue weighted by Gasteiger charge is -2.35. The van der Waals surface area contributed by atoms with Gasteiger partial charge in [0.2, 0.25) is 0 Å². The summed E-state index contributed by atoms with van der Waals surface area (Å²) in [6, 6.07) is 9.66. The molecule has 4 rings (SSSR count). The summed E-state index contributed by atoms with van der Waals surface area (Å²) in [5, 5.41) is 4.77. The van der Waals surface area contributed by atoms with Crippen LogP contribution in [0, 0.1) is 6.92 Å². The van der Waals surface area contributed by atoms with Crippen molar-refractivity contribution in [1.29, 1.82) is 0 Å². The molecule has 7 heteroatoms. The van der Waals surface area contributed by atoms with E-state index >= 15 is 0 Å². The lowest BCUT2D eigenvalue weighted by Crippen LogP contribution is -2.44. The zero-order chi connectivity index (χ0) is 20.4. The van der Waals surface area contributed by atoms with Crippen LogP contribution in [-0.4, -0.2) is 33.2 Å². The number of likely N-dealkylation sites (tertiary alicyclic amines) is 1. The Bertz CT molecular complexity index is 1080. The minimum absolute atomic E-state index is 0.120. The number of nitrogens with one attached hydrogen (secondary N) is 1. The first-order chi connectivity index (χ1) is 14.0. The van der Waals surface area contributed by atoms with Gasteiger partial charge in [-0.2, -0.15) is 0 Å². The predicted octanol–water partition coefficient (Wildman–Crippen LogP) is 3.21. The van der Waals surface area contributed by atoms with E-state index in [-0.39, 0.29) is 6.04 Å². The molecule has 0 saturated carbocycles. The second-order valence-electron chi connectivity index (χ2n) is 7.37. The first-order valence-electron chi connectivity index (χ1n) is 9.70. The molecule has 1 saturated heterocycles. The third kappa shape index (κ3) is 3.89. The Hall–Kier alpha value is -3.48. The van der Waals surface area contributed by atoms with E-state index in [0.29, 0.717) is 18.1 Å². The minimum Gasteiger partial charge on any atom is -0.383 e. The molecule has 0 unspecified atom stereocenters. The Morgan fingerprint density at radius 3 is 2.83 bits per heavy atom. The van der Waals surface area contributed by atoms with Crippen LogP contribution in [0.25, 0.3) is 10.8 Å². The average Bonchev–Trinajstić information content (AvgIpc) is 2.75. The van der Waals surface area contributed by atoms with Crippen LogP contribution < -0.4 is 11.1 Å².